The molecule has 0 saturated heterocycles. The molecule has 1 aromatic carbocycles. The van der Waals surface area contributed by atoms with E-state index in [1.165, 1.54) is 0 Å². The van der Waals surface area contributed by atoms with Gasteiger partial charge in [-0.3, -0.25) is 9.59 Å². The summed E-state index contributed by atoms with van der Waals surface area (Å²) in [6.07, 6.45) is 5.43. The summed E-state index contributed by atoms with van der Waals surface area (Å²) in [6, 6.07) is 10.9. The van der Waals surface area contributed by atoms with Crippen LogP contribution in [0.3, 0.4) is 0 Å². The van der Waals surface area contributed by atoms with Gasteiger partial charge in [0.05, 0.1) is 11.9 Å². The molecule has 0 radical (unpaired) electrons. The average molecular weight is 411 g/mol. The molecular weight excluding hydrogens is 368 g/mol. The van der Waals surface area contributed by atoms with Crippen molar-refractivity contribution < 1.29 is 24.2 Å². The molecule has 2 heterocycles. The molecule has 0 aliphatic carbocycles. The second kappa shape index (κ2) is 9.95. The summed E-state index contributed by atoms with van der Waals surface area (Å²) < 4.78 is 57.0. The highest BCUT2D eigenvalue weighted by Crippen LogP contribution is 2.19. The van der Waals surface area contributed by atoms with Crippen LogP contribution in [0.2, 0.25) is 0 Å². The van der Waals surface area contributed by atoms with Crippen molar-refractivity contribution in [3.05, 3.63) is 81.1 Å². The van der Waals surface area contributed by atoms with E-state index in [-0.39, 0.29) is 0 Å². The lowest BCUT2D eigenvalue weighted by atomic mass is 10.1. The van der Waals surface area contributed by atoms with Gasteiger partial charge in [0.15, 0.2) is 0 Å². The number of nitrogens with zero attached hydrogens (tertiary/aromatic N) is 2. The minimum atomic E-state index is -0.705. The Hall–Kier alpha value is -2.79. The van der Waals surface area contributed by atoms with Gasteiger partial charge in [0.1, 0.15) is 21.1 Å². The first kappa shape index (κ1) is 13.4. The van der Waals surface area contributed by atoms with E-state index in [2.05, 4.69) is 16.5 Å². The van der Waals surface area contributed by atoms with Crippen LogP contribution < -0.4 is 0 Å². The van der Waals surface area contributed by atoms with E-state index in [1.807, 2.05) is 29.6 Å². The van der Waals surface area contributed by atoms with Gasteiger partial charge < -0.3 is 4.57 Å². The summed E-state index contributed by atoms with van der Waals surface area (Å²) in [7, 11) is 0. The molecule has 3 aromatic rings. The Bertz CT molecular complexity index is 1060. The molecule has 0 unspecified atom stereocenters. The largest absolute Gasteiger partial charge is 0.324 e. The first-order chi connectivity index (χ1) is 18.5. The number of hydrogen-bond donors (Lipinski definition) is 0. The van der Waals surface area contributed by atoms with Gasteiger partial charge in [-0.1, -0.05) is 43.7 Å². The second-order valence-corrected chi connectivity index (χ2v) is 7.65. The fraction of sp³-hybridized carbons (Fsp3) is 0.261. The molecule has 28 heavy (non-hydrogen) atoms. The molecule has 0 spiro atoms. The number of aldehydes is 2. The van der Waals surface area contributed by atoms with Crippen molar-refractivity contribution in [2.45, 2.75) is 39.2 Å². The number of allylic oxidation sites excluding steroid dienone is 1. The summed E-state index contributed by atoms with van der Waals surface area (Å²) in [5.74, 6) is 0.927. The van der Waals surface area contributed by atoms with Crippen LogP contribution in [0.1, 0.15) is 66.7 Å². The van der Waals surface area contributed by atoms with Crippen molar-refractivity contribution in [2.75, 3.05) is 0 Å². The Labute approximate surface area is 184 Å². The molecule has 2 aromatic heterocycles. The molecule has 4 nitrogen and oxygen atoms in total. The van der Waals surface area contributed by atoms with Gasteiger partial charge in [-0.15, -0.1) is 11.3 Å². The lowest BCUT2D eigenvalue weighted by molar-refractivity contribution is -0.104. The maximum Gasteiger partial charge on any atom is 0.150 e. The lowest BCUT2D eigenvalue weighted by Crippen LogP contribution is -2.08. The van der Waals surface area contributed by atoms with Gasteiger partial charge in [-0.25, -0.2) is 4.98 Å². The maximum atomic E-state index is 11.9. The highest BCUT2D eigenvalue weighted by Gasteiger charge is 2.11. The monoisotopic (exact) mass is 410 g/mol. The predicted octanol–water partition coefficient (Wildman–Crippen LogP) is 5.96. The first-order valence-corrected chi connectivity index (χ1v) is 10.2. The smallest absolute Gasteiger partial charge is 0.150 e. The topological polar surface area (TPSA) is 52.0 Å². The number of unbranched alkanes of at least 4 members (excludes halogenated alkanes) is 1. The molecule has 0 bridgehead atoms. The van der Waals surface area contributed by atoms with Gasteiger partial charge in [0.25, 0.3) is 0 Å². The van der Waals surface area contributed by atoms with Crippen LogP contribution in [0.4, 0.5) is 0 Å². The molecule has 0 atom stereocenters. The fourth-order valence-corrected chi connectivity index (χ4v) is 3.75. The number of rotatable bonds is 10. The van der Waals surface area contributed by atoms with E-state index in [4.69, 9.17) is 14.6 Å². The quantitative estimate of drug-likeness (QED) is 0.306. The van der Waals surface area contributed by atoms with Gasteiger partial charge in [0.2, 0.25) is 0 Å². The van der Waals surface area contributed by atoms with Crippen LogP contribution in [0, 0.1) is 0 Å². The molecule has 0 N–H and O–H groups in total. The summed E-state index contributed by atoms with van der Waals surface area (Å²) in [5.41, 5.74) is 2.54. The van der Waals surface area contributed by atoms with E-state index >= 15 is 0 Å². The summed E-state index contributed by atoms with van der Waals surface area (Å²) >= 11 is 1.56. The van der Waals surface area contributed by atoms with E-state index < -0.39 is 12.5 Å². The zero-order valence-corrected chi connectivity index (χ0v) is 16.7. The molecular formula is C23H32N2O2S. The predicted molar refractivity (Wildman–Crippen MR) is 122 cm³/mol. The third kappa shape index (κ3) is 5.14. The molecule has 0 aliphatic rings. The van der Waals surface area contributed by atoms with Gasteiger partial charge >= 0.3 is 0 Å². The minimum absolute atomic E-state index is 0.355. The van der Waals surface area contributed by atoms with Gasteiger partial charge in [-0.2, -0.15) is 0 Å². The third-order valence-electron chi connectivity index (χ3n) is 4.53. The zero-order valence-electron chi connectivity index (χ0n) is 25.9. The normalized spacial score (nSPS) is 13.7. The molecule has 0 aliphatic heterocycles. The number of thiophene rings is 1. The first-order valence-electron chi connectivity index (χ1n) is 14.4. The Morgan fingerprint density at radius 2 is 2.14 bits per heavy atom. The van der Waals surface area contributed by atoms with Crippen molar-refractivity contribution >= 4 is 29.9 Å². The maximum absolute atomic E-state index is 11.9. The van der Waals surface area contributed by atoms with Crippen molar-refractivity contribution in [2.24, 2.45) is 0 Å². The Balaban J connectivity index is 0. The molecule has 152 valence electrons. The third-order valence-corrected chi connectivity index (χ3v) is 5.41. The minimum Gasteiger partial charge on any atom is -0.324 e. The van der Waals surface area contributed by atoms with Crippen molar-refractivity contribution in [1.82, 2.24) is 9.55 Å². The zero-order chi connectivity index (χ0) is 29.5. The summed E-state index contributed by atoms with van der Waals surface area (Å²) in [4.78, 5) is 28.8. The van der Waals surface area contributed by atoms with Crippen molar-refractivity contribution in [3.63, 3.8) is 0 Å². The van der Waals surface area contributed by atoms with Crippen LogP contribution >= 0.6 is 11.3 Å². The number of carbonyl (C=O) groups is 2. The van der Waals surface area contributed by atoms with Crippen molar-refractivity contribution in [1.29, 1.82) is 0 Å². The average Bonchev–Trinajstić information content (AvgIpc) is 3.62. The Morgan fingerprint density at radius 3 is 2.79 bits per heavy atom. The highest BCUT2D eigenvalue weighted by atomic mass is 32.1. The van der Waals surface area contributed by atoms with Crippen molar-refractivity contribution in [3.8, 4) is 0 Å². The number of aromatic nitrogens is 2. The number of benzene rings is 1. The van der Waals surface area contributed by atoms with E-state index in [0.29, 0.717) is 24.1 Å². The van der Waals surface area contributed by atoms with E-state index in [1.54, 1.807) is 35.7 Å². The fourth-order valence-electron chi connectivity index (χ4n) is 3.02. The number of aryl methyl sites for hydroxylation is 1. The lowest BCUT2D eigenvalue weighted by Gasteiger charge is -2.11. The van der Waals surface area contributed by atoms with Crippen LogP contribution in [-0.2, 0) is 24.2 Å². The van der Waals surface area contributed by atoms with Gasteiger partial charge in [0, 0.05) is 41.7 Å². The van der Waals surface area contributed by atoms with E-state index in [9.17, 15) is 9.59 Å². The summed E-state index contributed by atoms with van der Waals surface area (Å²) in [6.45, 7) is 2.67. The van der Waals surface area contributed by atoms with Gasteiger partial charge in [-0.05, 0) is 35.1 Å². The highest BCUT2D eigenvalue weighted by molar-refractivity contribution is 7.09. The second-order valence-electron chi connectivity index (χ2n) is 6.62. The van der Waals surface area contributed by atoms with Crippen LogP contribution in [-0.4, -0.2) is 22.1 Å². The SMILES string of the molecule is [2H]C(=O)/C(=C/c1cnc(CCCC)n1Cc1ccc(C([2H])=O)cc1)Cc1cccs1.[2H][2H].[2H][2H].[2H][2H].[2H][2H]. The van der Waals surface area contributed by atoms with Crippen LogP contribution in [0.15, 0.2) is 53.5 Å². The molecule has 0 saturated carbocycles. The summed E-state index contributed by atoms with van der Waals surface area (Å²) in [5, 5.41) is 1.96. The Morgan fingerprint density at radius 1 is 1.32 bits per heavy atom. The molecule has 5 heteroatoms. The standard InChI is InChI=1S/C23H24N2O2S.4H2/c1-2-3-6-23-24-14-21(12-20(17-27)13-22-5-4-11-28-22)25(23)15-18-7-9-19(16-26)10-8-18;;;;/h4-5,7-12,14,16-17H,2-3,6,13,15H2,1H3;4*1H/b20-12+;;;;/i16D,17D;4*1+1D. The number of hydrogen-bond acceptors (Lipinski definition) is 4. The number of carbonyl (C=O) groups excluding carboxylic acids is 2. The molecule has 3 rings (SSSR count). The van der Waals surface area contributed by atoms with Crippen LogP contribution in [0.25, 0.3) is 6.08 Å². The number of imidazole rings is 1. The van der Waals surface area contributed by atoms with Crippen LogP contribution in [0.5, 0.6) is 0 Å². The van der Waals surface area contributed by atoms with E-state index in [0.717, 1.165) is 41.2 Å². The molecule has 0 fully saturated rings. The Kier molecular flexibility index (Phi) is 4.76. The molecule has 0 amide bonds.